The second kappa shape index (κ2) is 5.51. The molecule has 130 valence electrons. The molecule has 0 atom stereocenters. The molecule has 1 saturated carbocycles. The van der Waals surface area contributed by atoms with Crippen LogP contribution in [0.4, 0.5) is 13.6 Å². The van der Waals surface area contributed by atoms with Crippen LogP contribution in [0, 0.1) is 0 Å². The molecule has 1 aromatic rings. The van der Waals surface area contributed by atoms with Crippen molar-refractivity contribution in [3.8, 4) is 0 Å². The fourth-order valence-corrected chi connectivity index (χ4v) is 3.19. The lowest BCUT2D eigenvalue weighted by Crippen LogP contribution is -2.51. The van der Waals surface area contributed by atoms with Gasteiger partial charge in [0, 0.05) is 19.9 Å². The van der Waals surface area contributed by atoms with Crippen LogP contribution in [0.2, 0.25) is 5.15 Å². The topological polar surface area (TPSA) is 84.3 Å². The summed E-state index contributed by atoms with van der Waals surface area (Å²) in [4.78, 5) is 41.5. The zero-order chi connectivity index (χ0) is 17.7. The Kier molecular flexibility index (Phi) is 3.86. The number of rotatable bonds is 3. The molecule has 24 heavy (non-hydrogen) atoms. The Hall–Kier alpha value is -2.03. The number of urea groups is 1. The van der Waals surface area contributed by atoms with Gasteiger partial charge in [-0.2, -0.15) is 0 Å². The van der Waals surface area contributed by atoms with Gasteiger partial charge in [-0.25, -0.2) is 18.6 Å². The smallest absolute Gasteiger partial charge is 0.323 e. The van der Waals surface area contributed by atoms with Gasteiger partial charge in [-0.05, 0) is 12.8 Å². The zero-order valence-corrected chi connectivity index (χ0v) is 13.6. The lowest BCUT2D eigenvalue weighted by atomic mass is 9.80. The van der Waals surface area contributed by atoms with E-state index in [1.54, 1.807) is 0 Å². The predicted molar refractivity (Wildman–Crippen MR) is 78.9 cm³/mol. The number of amides is 3. The molecule has 3 rings (SSSR count). The average molecular weight is 361 g/mol. The molecule has 3 amide bonds. The second-order valence-corrected chi connectivity index (χ2v) is 6.53. The Bertz CT molecular complexity index is 724. The summed E-state index contributed by atoms with van der Waals surface area (Å²) in [5, 5.41) is 2.72. The predicted octanol–water partition coefficient (Wildman–Crippen LogP) is 1.76. The SMILES string of the molecule is Cn1c(Cl)cnc1C(=O)CN1C(=O)NC2(CCC(F)(F)CC2)C1=O. The van der Waals surface area contributed by atoms with E-state index in [-0.39, 0.29) is 23.8 Å². The number of nitrogens with one attached hydrogen (secondary N) is 1. The molecule has 1 aliphatic carbocycles. The average Bonchev–Trinajstić information content (AvgIpc) is 2.96. The van der Waals surface area contributed by atoms with E-state index in [1.807, 2.05) is 0 Å². The van der Waals surface area contributed by atoms with Crippen molar-refractivity contribution in [2.45, 2.75) is 37.1 Å². The van der Waals surface area contributed by atoms with Crippen LogP contribution in [0.3, 0.4) is 0 Å². The first kappa shape index (κ1) is 16.8. The minimum absolute atomic E-state index is 0.0109. The Labute approximate surface area is 141 Å². The van der Waals surface area contributed by atoms with Gasteiger partial charge >= 0.3 is 6.03 Å². The van der Waals surface area contributed by atoms with Gasteiger partial charge < -0.3 is 9.88 Å². The first-order chi connectivity index (χ1) is 11.2. The van der Waals surface area contributed by atoms with Crippen LogP contribution in [0.25, 0.3) is 0 Å². The highest BCUT2D eigenvalue weighted by Gasteiger charge is 2.55. The van der Waals surface area contributed by atoms with Crippen LogP contribution in [-0.4, -0.2) is 50.2 Å². The molecule has 1 aromatic heterocycles. The number of hydrogen-bond acceptors (Lipinski definition) is 4. The lowest BCUT2D eigenvalue weighted by Gasteiger charge is -2.34. The quantitative estimate of drug-likeness (QED) is 0.657. The molecule has 2 heterocycles. The normalized spacial score (nSPS) is 22.1. The maximum absolute atomic E-state index is 13.3. The fourth-order valence-electron chi connectivity index (χ4n) is 3.06. The van der Waals surface area contributed by atoms with Gasteiger partial charge in [-0.1, -0.05) is 11.6 Å². The standard InChI is InChI=1S/C14H15ClF2N4O3/c1-20-9(15)6-18-10(20)8(22)7-21-11(23)13(19-12(21)24)2-4-14(16,17)5-3-13/h6H,2-5,7H2,1H3,(H,19,24). The highest BCUT2D eigenvalue weighted by atomic mass is 35.5. The third-order valence-electron chi connectivity index (χ3n) is 4.56. The molecule has 2 fully saturated rings. The van der Waals surface area contributed by atoms with E-state index < -0.39 is 48.6 Å². The maximum Gasteiger partial charge on any atom is 0.325 e. The fraction of sp³-hybridized carbons (Fsp3) is 0.571. The number of imidazole rings is 1. The number of ketones is 1. The van der Waals surface area contributed by atoms with Gasteiger partial charge in [0.05, 0.1) is 12.7 Å². The van der Waals surface area contributed by atoms with Crippen LogP contribution in [0.5, 0.6) is 0 Å². The van der Waals surface area contributed by atoms with Crippen molar-refractivity contribution in [3.63, 3.8) is 0 Å². The molecule has 0 aromatic carbocycles. The molecule has 1 N–H and O–H groups in total. The van der Waals surface area contributed by atoms with Crippen LogP contribution in [-0.2, 0) is 11.8 Å². The Morgan fingerprint density at radius 2 is 1.96 bits per heavy atom. The Morgan fingerprint density at radius 1 is 1.33 bits per heavy atom. The molecule has 10 heteroatoms. The van der Waals surface area contributed by atoms with E-state index in [4.69, 9.17) is 11.6 Å². The summed E-state index contributed by atoms with van der Waals surface area (Å²) in [6, 6.07) is -0.751. The third kappa shape index (κ3) is 2.66. The molecule has 0 radical (unpaired) electrons. The number of hydrogen-bond donors (Lipinski definition) is 1. The molecule has 0 bridgehead atoms. The maximum atomic E-state index is 13.3. The number of carbonyl (C=O) groups excluding carboxylic acids is 3. The van der Waals surface area contributed by atoms with E-state index >= 15 is 0 Å². The zero-order valence-electron chi connectivity index (χ0n) is 12.8. The van der Waals surface area contributed by atoms with Crippen molar-refractivity contribution < 1.29 is 23.2 Å². The number of alkyl halides is 2. The summed E-state index contributed by atoms with van der Waals surface area (Å²) in [5.74, 6) is -4.03. The number of aromatic nitrogens is 2. The van der Waals surface area contributed by atoms with Crippen molar-refractivity contribution in [1.29, 1.82) is 0 Å². The van der Waals surface area contributed by atoms with Crippen molar-refractivity contribution in [3.05, 3.63) is 17.2 Å². The summed E-state index contributed by atoms with van der Waals surface area (Å²) < 4.78 is 28.0. The molecule has 1 spiro atoms. The highest BCUT2D eigenvalue weighted by molar-refractivity contribution is 6.29. The minimum Gasteiger partial charge on any atom is -0.323 e. The number of Topliss-reactive ketones (excluding diaryl/α,β-unsaturated/α-hetero) is 1. The van der Waals surface area contributed by atoms with Gasteiger partial charge in [0.15, 0.2) is 5.82 Å². The molecule has 1 saturated heterocycles. The molecule has 0 unspecified atom stereocenters. The largest absolute Gasteiger partial charge is 0.325 e. The molecule has 7 nitrogen and oxygen atoms in total. The number of nitrogens with zero attached hydrogens (tertiary/aromatic N) is 3. The first-order valence-corrected chi connectivity index (χ1v) is 7.75. The van der Waals surface area contributed by atoms with Gasteiger partial charge in [0.1, 0.15) is 10.7 Å². The third-order valence-corrected chi connectivity index (χ3v) is 4.91. The van der Waals surface area contributed by atoms with E-state index in [1.165, 1.54) is 17.8 Å². The van der Waals surface area contributed by atoms with E-state index in [2.05, 4.69) is 10.3 Å². The van der Waals surface area contributed by atoms with E-state index in [0.717, 1.165) is 4.90 Å². The van der Waals surface area contributed by atoms with Crippen LogP contribution in [0.1, 0.15) is 36.3 Å². The lowest BCUT2D eigenvalue weighted by molar-refractivity contribution is -0.135. The van der Waals surface area contributed by atoms with Crippen LogP contribution in [0.15, 0.2) is 6.20 Å². The van der Waals surface area contributed by atoms with E-state index in [0.29, 0.717) is 0 Å². The Morgan fingerprint density at radius 3 is 2.50 bits per heavy atom. The van der Waals surface area contributed by atoms with Crippen molar-refractivity contribution in [2.24, 2.45) is 7.05 Å². The van der Waals surface area contributed by atoms with Gasteiger partial charge in [0.25, 0.3) is 5.91 Å². The molecule has 2 aliphatic rings. The van der Waals surface area contributed by atoms with Crippen molar-refractivity contribution >= 4 is 29.3 Å². The molecular weight excluding hydrogens is 346 g/mol. The first-order valence-electron chi connectivity index (χ1n) is 7.38. The number of carbonyl (C=O) groups is 3. The highest BCUT2D eigenvalue weighted by Crippen LogP contribution is 2.41. The molecular formula is C14H15ClF2N4O3. The summed E-state index contributed by atoms with van der Waals surface area (Å²) in [7, 11) is 1.53. The number of halogens is 3. The monoisotopic (exact) mass is 360 g/mol. The summed E-state index contributed by atoms with van der Waals surface area (Å²) in [6.45, 7) is -0.510. The summed E-state index contributed by atoms with van der Waals surface area (Å²) in [6.07, 6.45) is 0.0317. The molecule has 1 aliphatic heterocycles. The van der Waals surface area contributed by atoms with Crippen LogP contribution >= 0.6 is 11.6 Å². The van der Waals surface area contributed by atoms with Gasteiger partial charge in [0.2, 0.25) is 11.7 Å². The second-order valence-electron chi connectivity index (χ2n) is 6.15. The summed E-state index contributed by atoms with van der Waals surface area (Å²) >= 11 is 5.81. The van der Waals surface area contributed by atoms with Crippen molar-refractivity contribution in [2.75, 3.05) is 6.54 Å². The van der Waals surface area contributed by atoms with E-state index in [9.17, 15) is 23.2 Å². The van der Waals surface area contributed by atoms with Gasteiger partial charge in [-0.3, -0.25) is 14.5 Å². The number of imide groups is 1. The van der Waals surface area contributed by atoms with Crippen LogP contribution < -0.4 is 5.32 Å². The minimum atomic E-state index is -2.83. The van der Waals surface area contributed by atoms with Crippen molar-refractivity contribution in [1.82, 2.24) is 19.8 Å². The Balaban J connectivity index is 1.76. The summed E-state index contributed by atoms with van der Waals surface area (Å²) in [5.41, 5.74) is -1.33. The van der Waals surface area contributed by atoms with Gasteiger partial charge in [-0.15, -0.1) is 0 Å².